The summed E-state index contributed by atoms with van der Waals surface area (Å²) in [5.74, 6) is 0.181. The molecule has 1 aromatic rings. The van der Waals surface area contributed by atoms with E-state index in [9.17, 15) is 14.4 Å². The number of hydrogen-bond acceptors (Lipinski definition) is 5. The summed E-state index contributed by atoms with van der Waals surface area (Å²) in [6.45, 7) is 7.32. The molecule has 2 aliphatic rings. The first-order chi connectivity index (χ1) is 12.0. The van der Waals surface area contributed by atoms with Crippen LogP contribution in [0.25, 0.3) is 0 Å². The molecule has 2 saturated heterocycles. The van der Waals surface area contributed by atoms with Crippen molar-refractivity contribution >= 4 is 17.7 Å². The Labute approximate surface area is 145 Å². The zero-order valence-electron chi connectivity index (χ0n) is 14.2. The summed E-state index contributed by atoms with van der Waals surface area (Å²) in [4.78, 5) is 39.4. The van der Waals surface area contributed by atoms with Gasteiger partial charge in [-0.2, -0.15) is 0 Å². The van der Waals surface area contributed by atoms with Crippen LogP contribution in [0.5, 0.6) is 0 Å². The Morgan fingerprint density at radius 3 is 2.52 bits per heavy atom. The third-order valence-corrected chi connectivity index (χ3v) is 4.72. The van der Waals surface area contributed by atoms with Gasteiger partial charge in [-0.15, -0.1) is 0 Å². The highest BCUT2D eigenvalue weighted by Gasteiger charge is 2.38. The number of amides is 3. The molecule has 134 valence electrons. The Bertz CT molecular complexity index is 685. The second-order valence-electron chi connectivity index (χ2n) is 6.54. The van der Waals surface area contributed by atoms with Crippen LogP contribution < -0.4 is 5.32 Å². The van der Waals surface area contributed by atoms with E-state index in [4.69, 9.17) is 4.52 Å². The Morgan fingerprint density at radius 1 is 1.28 bits per heavy atom. The summed E-state index contributed by atoms with van der Waals surface area (Å²) in [6.07, 6.45) is 2.68. The maximum Gasteiger partial charge on any atom is 0.273 e. The lowest BCUT2D eigenvalue weighted by Crippen LogP contribution is -2.57. The molecule has 3 amide bonds. The number of carbonyl (C=O) groups excluding carboxylic acids is 3. The zero-order chi connectivity index (χ0) is 18.0. The van der Waals surface area contributed by atoms with Gasteiger partial charge >= 0.3 is 0 Å². The SMILES string of the molecule is C=CC(=O)N1CC(C(=O)N2CCC(NC(=O)c3cc(C)on3)CC2)C1. The van der Waals surface area contributed by atoms with Gasteiger partial charge in [-0.05, 0) is 25.8 Å². The number of carbonyl (C=O) groups is 3. The molecule has 0 spiro atoms. The normalized spacial score (nSPS) is 18.6. The van der Waals surface area contributed by atoms with Crippen LogP contribution in [0.3, 0.4) is 0 Å². The Morgan fingerprint density at radius 2 is 1.96 bits per heavy atom. The van der Waals surface area contributed by atoms with Crippen LogP contribution in [0.2, 0.25) is 0 Å². The molecule has 2 aliphatic heterocycles. The van der Waals surface area contributed by atoms with Crippen molar-refractivity contribution in [1.29, 1.82) is 0 Å². The predicted molar refractivity (Wildman–Crippen MR) is 88.6 cm³/mol. The van der Waals surface area contributed by atoms with Crippen molar-refractivity contribution in [2.24, 2.45) is 5.92 Å². The molecule has 3 rings (SSSR count). The highest BCUT2D eigenvalue weighted by atomic mass is 16.5. The molecule has 25 heavy (non-hydrogen) atoms. The van der Waals surface area contributed by atoms with Gasteiger partial charge in [0.2, 0.25) is 11.8 Å². The third kappa shape index (κ3) is 3.72. The second kappa shape index (κ2) is 7.08. The molecule has 0 saturated carbocycles. The monoisotopic (exact) mass is 346 g/mol. The first-order valence-corrected chi connectivity index (χ1v) is 8.42. The predicted octanol–water partition coefficient (Wildman–Crippen LogP) is 0.348. The summed E-state index contributed by atoms with van der Waals surface area (Å²) >= 11 is 0. The molecule has 0 bridgehead atoms. The Balaban J connectivity index is 1.43. The summed E-state index contributed by atoms with van der Waals surface area (Å²) in [5, 5.41) is 6.64. The van der Waals surface area contributed by atoms with E-state index < -0.39 is 0 Å². The molecule has 0 unspecified atom stereocenters. The van der Waals surface area contributed by atoms with E-state index in [1.165, 1.54) is 6.08 Å². The van der Waals surface area contributed by atoms with Gasteiger partial charge in [0.1, 0.15) is 5.76 Å². The van der Waals surface area contributed by atoms with Gasteiger partial charge in [0.15, 0.2) is 5.69 Å². The van der Waals surface area contributed by atoms with Gasteiger partial charge in [-0.25, -0.2) is 0 Å². The molecule has 8 nitrogen and oxygen atoms in total. The average Bonchev–Trinajstić information content (AvgIpc) is 3.00. The summed E-state index contributed by atoms with van der Waals surface area (Å²) in [7, 11) is 0. The number of hydrogen-bond donors (Lipinski definition) is 1. The van der Waals surface area contributed by atoms with Crippen molar-refractivity contribution in [3.63, 3.8) is 0 Å². The number of likely N-dealkylation sites (tertiary alicyclic amines) is 2. The smallest absolute Gasteiger partial charge is 0.273 e. The van der Waals surface area contributed by atoms with E-state index in [1.807, 2.05) is 4.90 Å². The van der Waals surface area contributed by atoms with Crippen molar-refractivity contribution < 1.29 is 18.9 Å². The van der Waals surface area contributed by atoms with Crippen molar-refractivity contribution in [3.05, 3.63) is 30.2 Å². The maximum absolute atomic E-state index is 12.4. The molecule has 0 radical (unpaired) electrons. The number of nitrogens with zero attached hydrogens (tertiary/aromatic N) is 3. The third-order valence-electron chi connectivity index (χ3n) is 4.72. The van der Waals surface area contributed by atoms with Gasteiger partial charge in [-0.3, -0.25) is 14.4 Å². The van der Waals surface area contributed by atoms with Crippen LogP contribution in [-0.4, -0.2) is 64.9 Å². The lowest BCUT2D eigenvalue weighted by Gasteiger charge is -2.41. The largest absolute Gasteiger partial charge is 0.361 e. The number of nitrogens with one attached hydrogen (secondary N) is 1. The highest BCUT2D eigenvalue weighted by Crippen LogP contribution is 2.21. The lowest BCUT2D eigenvalue weighted by molar-refractivity contribution is -0.146. The summed E-state index contributed by atoms with van der Waals surface area (Å²) in [5.41, 5.74) is 0.275. The minimum Gasteiger partial charge on any atom is -0.361 e. The fourth-order valence-electron chi connectivity index (χ4n) is 3.18. The summed E-state index contributed by atoms with van der Waals surface area (Å²) < 4.78 is 4.90. The average molecular weight is 346 g/mol. The zero-order valence-corrected chi connectivity index (χ0v) is 14.2. The van der Waals surface area contributed by atoms with Gasteiger partial charge in [0.25, 0.3) is 5.91 Å². The molecule has 3 heterocycles. The van der Waals surface area contributed by atoms with E-state index >= 15 is 0 Å². The summed E-state index contributed by atoms with van der Waals surface area (Å²) in [6, 6.07) is 1.62. The van der Waals surface area contributed by atoms with E-state index in [2.05, 4.69) is 17.1 Å². The molecule has 2 fully saturated rings. The number of rotatable bonds is 4. The molecule has 1 N–H and O–H groups in total. The van der Waals surface area contributed by atoms with Gasteiger partial charge < -0.3 is 19.6 Å². The molecule has 0 aliphatic carbocycles. The molecule has 1 aromatic heterocycles. The molecular weight excluding hydrogens is 324 g/mol. The van der Waals surface area contributed by atoms with Crippen LogP contribution in [0, 0.1) is 12.8 Å². The van der Waals surface area contributed by atoms with Crippen molar-refractivity contribution in [1.82, 2.24) is 20.3 Å². The number of aryl methyl sites for hydroxylation is 1. The van der Waals surface area contributed by atoms with Gasteiger partial charge in [-0.1, -0.05) is 11.7 Å². The fraction of sp³-hybridized carbons (Fsp3) is 0.529. The number of aromatic nitrogens is 1. The van der Waals surface area contributed by atoms with Crippen LogP contribution >= 0.6 is 0 Å². The van der Waals surface area contributed by atoms with Crippen molar-refractivity contribution in [2.75, 3.05) is 26.2 Å². The van der Waals surface area contributed by atoms with Crippen molar-refractivity contribution in [3.8, 4) is 0 Å². The number of piperidine rings is 1. The minimum absolute atomic E-state index is 0.0220. The molecule has 8 heteroatoms. The first-order valence-electron chi connectivity index (χ1n) is 8.42. The van der Waals surface area contributed by atoms with Crippen LogP contribution in [-0.2, 0) is 9.59 Å². The second-order valence-corrected chi connectivity index (χ2v) is 6.54. The van der Waals surface area contributed by atoms with Crippen molar-refractivity contribution in [2.45, 2.75) is 25.8 Å². The maximum atomic E-state index is 12.4. The first kappa shape index (κ1) is 17.2. The quantitative estimate of drug-likeness (QED) is 0.794. The Kier molecular flexibility index (Phi) is 4.87. The topological polar surface area (TPSA) is 95.8 Å². The van der Waals surface area contributed by atoms with Crippen LogP contribution in [0.15, 0.2) is 23.2 Å². The van der Waals surface area contributed by atoms with E-state index in [0.717, 1.165) is 0 Å². The lowest BCUT2D eigenvalue weighted by atomic mass is 9.96. The Hall–Kier alpha value is -2.64. The fourth-order valence-corrected chi connectivity index (χ4v) is 3.18. The van der Waals surface area contributed by atoms with Crippen LogP contribution in [0.4, 0.5) is 0 Å². The van der Waals surface area contributed by atoms with E-state index in [0.29, 0.717) is 44.8 Å². The van der Waals surface area contributed by atoms with Gasteiger partial charge in [0, 0.05) is 38.3 Å². The standard InChI is InChI=1S/C17H22N4O4/c1-3-15(22)21-9-12(10-21)17(24)20-6-4-13(5-7-20)18-16(23)14-8-11(2)25-19-14/h3,8,12-13H,1,4-7,9-10H2,2H3,(H,18,23). The molecule has 0 atom stereocenters. The highest BCUT2D eigenvalue weighted by molar-refractivity contribution is 5.92. The molecular formula is C17H22N4O4. The van der Waals surface area contributed by atoms with E-state index in [-0.39, 0.29) is 35.4 Å². The molecule has 0 aromatic carbocycles. The van der Waals surface area contributed by atoms with E-state index in [1.54, 1.807) is 17.9 Å². The van der Waals surface area contributed by atoms with Crippen LogP contribution in [0.1, 0.15) is 29.1 Å². The van der Waals surface area contributed by atoms with Gasteiger partial charge in [0.05, 0.1) is 5.92 Å². The minimum atomic E-state index is -0.251.